The second kappa shape index (κ2) is 5.90. The Morgan fingerprint density at radius 1 is 1.40 bits per heavy atom. The molecule has 1 aromatic rings. The fraction of sp³-hybridized carbons (Fsp3) is 0.462. The molecule has 2 N–H and O–H groups in total. The van der Waals surface area contributed by atoms with Gasteiger partial charge in [-0.25, -0.2) is 8.42 Å². The second-order valence-corrected chi connectivity index (χ2v) is 6.59. The highest BCUT2D eigenvalue weighted by Gasteiger charge is 2.34. The SMILES string of the molecule is Cc1ccc(S(=O)(=O)NC(C(=O)O)C2CCOC2)cc1. The molecule has 110 valence electrons. The summed E-state index contributed by atoms with van der Waals surface area (Å²) in [5.41, 5.74) is 0.933. The van der Waals surface area contributed by atoms with Crippen molar-refractivity contribution in [2.45, 2.75) is 24.3 Å². The van der Waals surface area contributed by atoms with Crippen molar-refractivity contribution in [3.8, 4) is 0 Å². The Balaban J connectivity index is 2.20. The van der Waals surface area contributed by atoms with Gasteiger partial charge in [0.15, 0.2) is 0 Å². The first-order valence-electron chi connectivity index (χ1n) is 6.30. The van der Waals surface area contributed by atoms with Crippen molar-refractivity contribution in [3.63, 3.8) is 0 Å². The average Bonchev–Trinajstić information content (AvgIpc) is 2.90. The summed E-state index contributed by atoms with van der Waals surface area (Å²) in [5.74, 6) is -1.52. The summed E-state index contributed by atoms with van der Waals surface area (Å²) in [6.45, 7) is 2.56. The number of ether oxygens (including phenoxy) is 1. The molecule has 1 saturated heterocycles. The van der Waals surface area contributed by atoms with Gasteiger partial charge < -0.3 is 9.84 Å². The van der Waals surface area contributed by atoms with Gasteiger partial charge in [0.25, 0.3) is 0 Å². The molecular weight excluding hydrogens is 282 g/mol. The summed E-state index contributed by atoms with van der Waals surface area (Å²) >= 11 is 0. The molecule has 1 aliphatic rings. The molecule has 1 aromatic carbocycles. The zero-order valence-corrected chi connectivity index (χ0v) is 11.9. The van der Waals surface area contributed by atoms with Gasteiger partial charge in [0.05, 0.1) is 11.5 Å². The molecule has 0 spiro atoms. The predicted octanol–water partition coefficient (Wildman–Crippen LogP) is 0.763. The molecule has 2 atom stereocenters. The molecule has 1 aliphatic heterocycles. The minimum Gasteiger partial charge on any atom is -0.480 e. The van der Waals surface area contributed by atoms with E-state index in [4.69, 9.17) is 4.74 Å². The van der Waals surface area contributed by atoms with E-state index in [2.05, 4.69) is 4.72 Å². The number of carboxylic acids is 1. The Morgan fingerprint density at radius 3 is 2.55 bits per heavy atom. The number of aryl methyl sites for hydroxylation is 1. The topological polar surface area (TPSA) is 92.7 Å². The van der Waals surface area contributed by atoms with E-state index in [1.807, 2.05) is 6.92 Å². The Labute approximate surface area is 117 Å². The molecule has 0 bridgehead atoms. The highest BCUT2D eigenvalue weighted by atomic mass is 32.2. The summed E-state index contributed by atoms with van der Waals surface area (Å²) in [5, 5.41) is 9.21. The maximum atomic E-state index is 12.2. The van der Waals surface area contributed by atoms with Crippen LogP contribution in [0.5, 0.6) is 0 Å². The number of sulfonamides is 1. The van der Waals surface area contributed by atoms with Crippen LogP contribution < -0.4 is 4.72 Å². The molecule has 0 amide bonds. The Hall–Kier alpha value is -1.44. The molecule has 20 heavy (non-hydrogen) atoms. The largest absolute Gasteiger partial charge is 0.480 e. The zero-order chi connectivity index (χ0) is 14.8. The van der Waals surface area contributed by atoms with E-state index in [0.717, 1.165) is 5.56 Å². The van der Waals surface area contributed by atoms with Crippen molar-refractivity contribution in [3.05, 3.63) is 29.8 Å². The van der Waals surface area contributed by atoms with Gasteiger partial charge in [0.1, 0.15) is 6.04 Å². The summed E-state index contributed by atoms with van der Waals surface area (Å²) in [7, 11) is -3.85. The molecule has 1 heterocycles. The quantitative estimate of drug-likeness (QED) is 0.837. The third-order valence-corrected chi connectivity index (χ3v) is 4.77. The fourth-order valence-electron chi connectivity index (χ4n) is 2.12. The number of benzene rings is 1. The lowest BCUT2D eigenvalue weighted by molar-refractivity contribution is -0.140. The molecule has 2 unspecified atom stereocenters. The Kier molecular flexibility index (Phi) is 4.42. The first-order chi connectivity index (χ1) is 9.40. The fourth-order valence-corrected chi connectivity index (χ4v) is 3.37. The minimum absolute atomic E-state index is 0.0632. The molecule has 0 aliphatic carbocycles. The van der Waals surface area contributed by atoms with Gasteiger partial charge in [-0.3, -0.25) is 4.79 Å². The molecule has 0 radical (unpaired) electrons. The normalized spacial score (nSPS) is 20.8. The number of aliphatic carboxylic acids is 1. The Bertz CT molecular complexity index is 575. The first kappa shape index (κ1) is 15.0. The van der Waals surface area contributed by atoms with Crippen LogP contribution in [0.4, 0.5) is 0 Å². The van der Waals surface area contributed by atoms with E-state index < -0.39 is 22.0 Å². The highest BCUT2D eigenvalue weighted by Crippen LogP contribution is 2.19. The number of hydrogen-bond acceptors (Lipinski definition) is 4. The highest BCUT2D eigenvalue weighted by molar-refractivity contribution is 7.89. The van der Waals surface area contributed by atoms with E-state index in [1.165, 1.54) is 12.1 Å². The van der Waals surface area contributed by atoms with Gasteiger partial charge in [-0.15, -0.1) is 0 Å². The van der Waals surface area contributed by atoms with Crippen molar-refractivity contribution in [2.75, 3.05) is 13.2 Å². The van der Waals surface area contributed by atoms with Crippen molar-refractivity contribution < 1.29 is 23.1 Å². The molecular formula is C13H17NO5S. The van der Waals surface area contributed by atoms with Crippen LogP contribution in [-0.4, -0.2) is 38.7 Å². The monoisotopic (exact) mass is 299 g/mol. The average molecular weight is 299 g/mol. The third kappa shape index (κ3) is 3.36. The van der Waals surface area contributed by atoms with Crippen molar-refractivity contribution in [1.82, 2.24) is 4.72 Å². The molecule has 2 rings (SSSR count). The number of carbonyl (C=O) groups is 1. The van der Waals surface area contributed by atoms with Crippen LogP contribution in [0.2, 0.25) is 0 Å². The van der Waals surface area contributed by atoms with Crippen LogP contribution in [0, 0.1) is 12.8 Å². The number of hydrogen-bond donors (Lipinski definition) is 2. The van der Waals surface area contributed by atoms with Gasteiger partial charge in [-0.1, -0.05) is 17.7 Å². The van der Waals surface area contributed by atoms with E-state index >= 15 is 0 Å². The van der Waals surface area contributed by atoms with Gasteiger partial charge in [0.2, 0.25) is 10.0 Å². The van der Waals surface area contributed by atoms with E-state index in [-0.39, 0.29) is 17.4 Å². The van der Waals surface area contributed by atoms with E-state index in [1.54, 1.807) is 12.1 Å². The second-order valence-electron chi connectivity index (χ2n) is 4.87. The molecule has 0 aromatic heterocycles. The van der Waals surface area contributed by atoms with Crippen molar-refractivity contribution in [2.24, 2.45) is 5.92 Å². The Morgan fingerprint density at radius 2 is 2.05 bits per heavy atom. The third-order valence-electron chi connectivity index (χ3n) is 3.32. The maximum absolute atomic E-state index is 12.2. The predicted molar refractivity (Wildman–Crippen MR) is 71.9 cm³/mol. The van der Waals surface area contributed by atoms with Crippen molar-refractivity contribution in [1.29, 1.82) is 0 Å². The standard InChI is InChI=1S/C13H17NO5S/c1-9-2-4-11(5-3-9)20(17,18)14-12(13(15)16)10-6-7-19-8-10/h2-5,10,12,14H,6-8H2,1H3,(H,15,16). The van der Waals surface area contributed by atoms with Gasteiger partial charge >= 0.3 is 5.97 Å². The van der Waals surface area contributed by atoms with Crippen LogP contribution in [0.1, 0.15) is 12.0 Å². The van der Waals surface area contributed by atoms with Gasteiger partial charge in [-0.2, -0.15) is 4.72 Å². The van der Waals surface area contributed by atoms with Crippen LogP contribution in [0.15, 0.2) is 29.2 Å². The minimum atomic E-state index is -3.85. The van der Waals surface area contributed by atoms with Crippen LogP contribution in [-0.2, 0) is 19.6 Å². The summed E-state index contributed by atoms with van der Waals surface area (Å²) < 4.78 is 31.8. The lowest BCUT2D eigenvalue weighted by atomic mass is 10.0. The zero-order valence-electron chi connectivity index (χ0n) is 11.1. The summed E-state index contributed by atoms with van der Waals surface area (Å²) in [4.78, 5) is 11.3. The van der Waals surface area contributed by atoms with Crippen molar-refractivity contribution >= 4 is 16.0 Å². The number of nitrogens with one attached hydrogen (secondary N) is 1. The molecule has 1 fully saturated rings. The van der Waals surface area contributed by atoms with Gasteiger partial charge in [0, 0.05) is 12.5 Å². The maximum Gasteiger partial charge on any atom is 0.322 e. The van der Waals surface area contributed by atoms with E-state index in [9.17, 15) is 18.3 Å². The smallest absolute Gasteiger partial charge is 0.322 e. The van der Waals surface area contributed by atoms with Gasteiger partial charge in [-0.05, 0) is 25.5 Å². The molecule has 0 saturated carbocycles. The first-order valence-corrected chi connectivity index (χ1v) is 7.78. The number of carboxylic acid groups (broad SMARTS) is 1. The number of rotatable bonds is 5. The lowest BCUT2D eigenvalue weighted by Gasteiger charge is -2.19. The van der Waals surface area contributed by atoms with E-state index in [0.29, 0.717) is 13.0 Å². The summed E-state index contributed by atoms with van der Waals surface area (Å²) in [6.07, 6.45) is 0.535. The van der Waals surface area contributed by atoms with Crippen LogP contribution >= 0.6 is 0 Å². The summed E-state index contributed by atoms with van der Waals surface area (Å²) in [6, 6.07) is 5.10. The molecule has 6 nitrogen and oxygen atoms in total. The molecule has 7 heteroatoms. The lowest BCUT2D eigenvalue weighted by Crippen LogP contribution is -2.46. The van der Waals surface area contributed by atoms with Crippen LogP contribution in [0.3, 0.4) is 0 Å². The van der Waals surface area contributed by atoms with Crippen LogP contribution in [0.25, 0.3) is 0 Å².